The lowest BCUT2D eigenvalue weighted by Gasteiger charge is -2.13. The van der Waals surface area contributed by atoms with Crippen LogP contribution in [0.25, 0.3) is 11.0 Å². The van der Waals surface area contributed by atoms with Gasteiger partial charge in [0.15, 0.2) is 0 Å². The topological polar surface area (TPSA) is 113 Å². The molecule has 0 unspecified atom stereocenters. The lowest BCUT2D eigenvalue weighted by molar-refractivity contribution is -0.140. The standard InChI is InChI=1S/C18H13F3N6O2/c1-10(28)24-14-6-13(4-2-11(14)7-22)25-17-23-8-12-3-5-15(29)27(16(12)26-17)9-18(19,20)21/h2-6,8H,9H2,1H3,(H,24,28)(H,23,25,26). The number of amides is 1. The highest BCUT2D eigenvalue weighted by atomic mass is 19.4. The molecule has 29 heavy (non-hydrogen) atoms. The summed E-state index contributed by atoms with van der Waals surface area (Å²) in [6, 6.07) is 8.72. The van der Waals surface area contributed by atoms with Crippen molar-refractivity contribution in [1.29, 1.82) is 5.26 Å². The second-order valence-corrected chi connectivity index (χ2v) is 6.02. The smallest absolute Gasteiger partial charge is 0.325 e. The van der Waals surface area contributed by atoms with E-state index in [1.165, 1.54) is 37.4 Å². The van der Waals surface area contributed by atoms with Gasteiger partial charge in [0.1, 0.15) is 18.3 Å². The van der Waals surface area contributed by atoms with Crippen LogP contribution in [0, 0.1) is 11.3 Å². The van der Waals surface area contributed by atoms with Crippen molar-refractivity contribution in [1.82, 2.24) is 14.5 Å². The van der Waals surface area contributed by atoms with Gasteiger partial charge in [0.05, 0.1) is 11.3 Å². The molecule has 0 bridgehead atoms. The molecule has 2 heterocycles. The van der Waals surface area contributed by atoms with Gasteiger partial charge in [0, 0.05) is 30.3 Å². The van der Waals surface area contributed by atoms with Crippen molar-refractivity contribution in [3.63, 3.8) is 0 Å². The molecule has 3 rings (SSSR count). The van der Waals surface area contributed by atoms with Gasteiger partial charge in [-0.25, -0.2) is 4.98 Å². The Labute approximate surface area is 161 Å². The fraction of sp³-hybridized carbons (Fsp3) is 0.167. The number of halogens is 3. The third kappa shape index (κ3) is 4.67. The number of pyridine rings is 1. The van der Waals surface area contributed by atoms with Crippen LogP contribution in [0.3, 0.4) is 0 Å². The van der Waals surface area contributed by atoms with Crippen molar-refractivity contribution in [2.45, 2.75) is 19.6 Å². The van der Waals surface area contributed by atoms with Gasteiger partial charge in [0.25, 0.3) is 5.56 Å². The molecule has 2 aromatic heterocycles. The SMILES string of the molecule is CC(=O)Nc1cc(Nc2ncc3ccc(=O)n(CC(F)(F)F)c3n2)ccc1C#N. The number of carbonyl (C=O) groups is 1. The minimum absolute atomic E-state index is 0.0579. The molecule has 8 nitrogen and oxygen atoms in total. The first-order valence-corrected chi connectivity index (χ1v) is 8.18. The lowest BCUT2D eigenvalue weighted by Crippen LogP contribution is -2.28. The highest BCUT2D eigenvalue weighted by molar-refractivity contribution is 5.91. The van der Waals surface area contributed by atoms with Gasteiger partial charge < -0.3 is 10.6 Å². The molecule has 1 aromatic carbocycles. The highest BCUT2D eigenvalue weighted by Crippen LogP contribution is 2.24. The van der Waals surface area contributed by atoms with Crippen LogP contribution in [-0.2, 0) is 11.3 Å². The average molecular weight is 402 g/mol. The first-order valence-electron chi connectivity index (χ1n) is 8.18. The third-order valence-corrected chi connectivity index (χ3v) is 3.77. The molecule has 0 radical (unpaired) electrons. The number of anilines is 3. The first kappa shape index (κ1) is 19.8. The van der Waals surface area contributed by atoms with Crippen LogP contribution in [0.1, 0.15) is 12.5 Å². The predicted molar refractivity (Wildman–Crippen MR) is 98.6 cm³/mol. The molecule has 2 N–H and O–H groups in total. The monoisotopic (exact) mass is 402 g/mol. The molecule has 0 fully saturated rings. The van der Waals surface area contributed by atoms with Crippen LogP contribution in [0.5, 0.6) is 0 Å². The number of nitrogens with zero attached hydrogens (tertiary/aromatic N) is 4. The number of rotatable bonds is 4. The summed E-state index contributed by atoms with van der Waals surface area (Å²) in [6.07, 6.45) is -3.31. The zero-order chi connectivity index (χ0) is 21.2. The summed E-state index contributed by atoms with van der Waals surface area (Å²) in [5, 5.41) is 14.7. The zero-order valence-electron chi connectivity index (χ0n) is 14.9. The van der Waals surface area contributed by atoms with Gasteiger partial charge in [0.2, 0.25) is 11.9 Å². The molecule has 0 aliphatic heterocycles. The summed E-state index contributed by atoms with van der Waals surface area (Å²) in [7, 11) is 0. The minimum Gasteiger partial charge on any atom is -0.325 e. The second kappa shape index (κ2) is 7.59. The van der Waals surface area contributed by atoms with Gasteiger partial charge in [-0.3, -0.25) is 14.2 Å². The third-order valence-electron chi connectivity index (χ3n) is 3.77. The van der Waals surface area contributed by atoms with E-state index in [0.29, 0.717) is 10.3 Å². The Balaban J connectivity index is 2.01. The van der Waals surface area contributed by atoms with E-state index in [2.05, 4.69) is 20.6 Å². The van der Waals surface area contributed by atoms with Crippen LogP contribution in [0.2, 0.25) is 0 Å². The van der Waals surface area contributed by atoms with Crippen molar-refractivity contribution in [2.75, 3.05) is 10.6 Å². The van der Waals surface area contributed by atoms with Crippen molar-refractivity contribution in [3.05, 3.63) is 52.4 Å². The van der Waals surface area contributed by atoms with E-state index < -0.39 is 18.3 Å². The molecular formula is C18H13F3N6O2. The molecule has 3 aromatic rings. The van der Waals surface area contributed by atoms with E-state index in [1.54, 1.807) is 0 Å². The van der Waals surface area contributed by atoms with Gasteiger partial charge in [-0.15, -0.1) is 0 Å². The Morgan fingerprint density at radius 1 is 1.28 bits per heavy atom. The van der Waals surface area contributed by atoms with E-state index in [4.69, 9.17) is 5.26 Å². The average Bonchev–Trinajstić information content (AvgIpc) is 2.63. The van der Waals surface area contributed by atoms with E-state index in [0.717, 1.165) is 6.07 Å². The molecule has 0 atom stereocenters. The summed E-state index contributed by atoms with van der Waals surface area (Å²) in [5.41, 5.74) is -0.162. The molecule has 0 saturated carbocycles. The van der Waals surface area contributed by atoms with Crippen LogP contribution in [0.4, 0.5) is 30.5 Å². The minimum atomic E-state index is -4.60. The van der Waals surface area contributed by atoms with Gasteiger partial charge in [-0.1, -0.05) is 0 Å². The highest BCUT2D eigenvalue weighted by Gasteiger charge is 2.29. The number of hydrogen-bond donors (Lipinski definition) is 2. The molecule has 0 aliphatic rings. The number of aromatic nitrogens is 3. The van der Waals surface area contributed by atoms with E-state index >= 15 is 0 Å². The maximum Gasteiger partial charge on any atom is 0.406 e. The fourth-order valence-corrected chi connectivity index (χ4v) is 2.61. The van der Waals surface area contributed by atoms with E-state index in [-0.39, 0.29) is 34.1 Å². The molecule has 0 spiro atoms. The van der Waals surface area contributed by atoms with Gasteiger partial charge in [-0.05, 0) is 24.3 Å². The Morgan fingerprint density at radius 2 is 2.03 bits per heavy atom. The number of nitrogens with one attached hydrogen (secondary N) is 2. The quantitative estimate of drug-likeness (QED) is 0.694. The fourth-order valence-electron chi connectivity index (χ4n) is 2.61. The lowest BCUT2D eigenvalue weighted by atomic mass is 10.1. The normalized spacial score (nSPS) is 11.1. The Kier molecular flexibility index (Phi) is 5.18. The van der Waals surface area contributed by atoms with Crippen molar-refractivity contribution < 1.29 is 18.0 Å². The number of alkyl halides is 3. The second-order valence-electron chi connectivity index (χ2n) is 6.02. The molecule has 148 valence electrons. The zero-order valence-corrected chi connectivity index (χ0v) is 14.9. The van der Waals surface area contributed by atoms with Crippen LogP contribution < -0.4 is 16.2 Å². The molecular weight excluding hydrogens is 389 g/mol. The summed E-state index contributed by atoms with van der Waals surface area (Å²) in [6.45, 7) is -0.198. The van der Waals surface area contributed by atoms with Crippen LogP contribution in [-0.4, -0.2) is 26.6 Å². The van der Waals surface area contributed by atoms with E-state index in [1.807, 2.05) is 6.07 Å². The van der Waals surface area contributed by atoms with Crippen molar-refractivity contribution >= 4 is 34.3 Å². The number of benzene rings is 1. The summed E-state index contributed by atoms with van der Waals surface area (Å²) >= 11 is 0. The van der Waals surface area contributed by atoms with Gasteiger partial charge >= 0.3 is 6.18 Å². The molecule has 0 saturated heterocycles. The number of fused-ring (bicyclic) bond motifs is 1. The predicted octanol–water partition coefficient (Wildman–Crippen LogP) is 2.93. The van der Waals surface area contributed by atoms with Crippen LogP contribution in [0.15, 0.2) is 41.3 Å². The number of nitriles is 1. The summed E-state index contributed by atoms with van der Waals surface area (Å²) in [4.78, 5) is 31.3. The van der Waals surface area contributed by atoms with Crippen molar-refractivity contribution in [3.8, 4) is 6.07 Å². The molecule has 0 aliphatic carbocycles. The number of carbonyl (C=O) groups excluding carboxylic acids is 1. The summed E-state index contributed by atoms with van der Waals surface area (Å²) in [5.74, 6) is -0.436. The molecule has 11 heteroatoms. The number of hydrogen-bond acceptors (Lipinski definition) is 6. The van der Waals surface area contributed by atoms with Crippen LogP contribution >= 0.6 is 0 Å². The Hall–Kier alpha value is -3.94. The largest absolute Gasteiger partial charge is 0.406 e. The first-order chi connectivity index (χ1) is 13.7. The summed E-state index contributed by atoms with van der Waals surface area (Å²) < 4.78 is 39.0. The van der Waals surface area contributed by atoms with E-state index in [9.17, 15) is 22.8 Å². The maximum absolute atomic E-state index is 12.8. The Bertz CT molecular complexity index is 1200. The maximum atomic E-state index is 12.8. The Morgan fingerprint density at radius 3 is 2.69 bits per heavy atom. The van der Waals surface area contributed by atoms with Crippen molar-refractivity contribution in [2.24, 2.45) is 0 Å². The van der Waals surface area contributed by atoms with Gasteiger partial charge in [-0.2, -0.15) is 23.4 Å². The molecule has 1 amide bonds.